The normalized spacial score (nSPS) is 15.9. The molecule has 0 bridgehead atoms. The minimum Gasteiger partial charge on any atom is -0.457 e. The molecule has 1 fully saturated rings. The van der Waals surface area contributed by atoms with Crippen LogP contribution in [0.4, 0.5) is 0 Å². The van der Waals surface area contributed by atoms with E-state index in [9.17, 15) is 13.2 Å². The lowest BCUT2D eigenvalue weighted by Crippen LogP contribution is -2.40. The van der Waals surface area contributed by atoms with Gasteiger partial charge in [0.1, 0.15) is 16.4 Å². The topological polar surface area (TPSA) is 72.9 Å². The second kappa shape index (κ2) is 7.84. The van der Waals surface area contributed by atoms with Crippen LogP contribution >= 0.6 is 22.9 Å². The first-order valence-electron chi connectivity index (χ1n) is 7.55. The van der Waals surface area contributed by atoms with Gasteiger partial charge in [-0.1, -0.05) is 23.7 Å². The maximum Gasteiger partial charge on any atom is 0.350 e. The van der Waals surface area contributed by atoms with Crippen molar-refractivity contribution in [3.63, 3.8) is 0 Å². The van der Waals surface area contributed by atoms with E-state index in [1.807, 2.05) is 0 Å². The molecular weight excluding hydrogens is 386 g/mol. The predicted octanol–water partition coefficient (Wildman–Crippen LogP) is 2.78. The first kappa shape index (κ1) is 18.3. The molecule has 0 N–H and O–H groups in total. The van der Waals surface area contributed by atoms with Gasteiger partial charge < -0.3 is 9.47 Å². The molecule has 2 heterocycles. The molecule has 0 aliphatic carbocycles. The van der Waals surface area contributed by atoms with E-state index in [0.717, 1.165) is 16.9 Å². The lowest BCUT2D eigenvalue weighted by atomic mass is 10.2. The maximum atomic E-state index is 12.7. The third-order valence-corrected chi connectivity index (χ3v) is 6.90. The first-order valence-corrected chi connectivity index (χ1v) is 10.3. The Kier molecular flexibility index (Phi) is 5.75. The monoisotopic (exact) mass is 401 g/mol. The Morgan fingerprint density at radius 3 is 2.56 bits per heavy atom. The summed E-state index contributed by atoms with van der Waals surface area (Å²) < 4.78 is 37.2. The Morgan fingerprint density at radius 1 is 1.20 bits per heavy atom. The van der Waals surface area contributed by atoms with Crippen LogP contribution in [0.1, 0.15) is 15.2 Å². The van der Waals surface area contributed by atoms with Gasteiger partial charge >= 0.3 is 5.97 Å². The van der Waals surface area contributed by atoms with Gasteiger partial charge in [0.2, 0.25) is 10.0 Å². The van der Waals surface area contributed by atoms with Gasteiger partial charge in [-0.25, -0.2) is 13.2 Å². The van der Waals surface area contributed by atoms with E-state index in [1.165, 1.54) is 10.4 Å². The second-order valence-corrected chi connectivity index (χ2v) is 8.59. The Hall–Kier alpha value is -1.45. The molecule has 0 amide bonds. The minimum atomic E-state index is -3.74. The third kappa shape index (κ3) is 4.21. The Morgan fingerprint density at radius 2 is 1.88 bits per heavy atom. The van der Waals surface area contributed by atoms with Crippen LogP contribution in [-0.4, -0.2) is 45.0 Å². The van der Waals surface area contributed by atoms with Crippen LogP contribution in [-0.2, 0) is 26.1 Å². The van der Waals surface area contributed by atoms with Crippen molar-refractivity contribution in [3.05, 3.63) is 51.2 Å². The van der Waals surface area contributed by atoms with E-state index in [2.05, 4.69) is 0 Å². The van der Waals surface area contributed by atoms with Gasteiger partial charge in [0, 0.05) is 18.1 Å². The number of carbonyl (C=O) groups excluding carboxylic acids is 1. The molecule has 1 aromatic heterocycles. The molecule has 1 aromatic carbocycles. The van der Waals surface area contributed by atoms with Crippen LogP contribution in [0, 0.1) is 0 Å². The van der Waals surface area contributed by atoms with Crippen LogP contribution in [0.5, 0.6) is 0 Å². The number of nitrogens with zero attached hydrogens (tertiary/aromatic N) is 1. The van der Waals surface area contributed by atoms with Crippen LogP contribution in [0.25, 0.3) is 0 Å². The summed E-state index contributed by atoms with van der Waals surface area (Å²) >= 11 is 6.87. The number of ether oxygens (including phenoxy) is 2. The first-order chi connectivity index (χ1) is 12.0. The summed E-state index contributed by atoms with van der Waals surface area (Å²) in [5.74, 6) is -0.656. The Bertz CT molecular complexity index is 842. The minimum absolute atomic E-state index is 0.0134. The number of esters is 1. The second-order valence-electron chi connectivity index (χ2n) is 5.33. The zero-order chi connectivity index (χ0) is 17.9. The summed E-state index contributed by atoms with van der Waals surface area (Å²) in [6, 6.07) is 8.33. The molecule has 1 saturated heterocycles. The van der Waals surface area contributed by atoms with Crippen molar-refractivity contribution in [1.82, 2.24) is 4.31 Å². The number of hydrogen-bond donors (Lipinski definition) is 0. The largest absolute Gasteiger partial charge is 0.457 e. The van der Waals surface area contributed by atoms with Gasteiger partial charge in [0.05, 0.1) is 13.2 Å². The Labute approximate surface area is 155 Å². The zero-order valence-corrected chi connectivity index (χ0v) is 15.6. The number of rotatable bonds is 5. The zero-order valence-electron chi connectivity index (χ0n) is 13.2. The SMILES string of the molecule is O=C(OCc1ccc(Cl)cc1)c1sccc1S(=O)(=O)N1CCOCC1. The fraction of sp³-hybridized carbons (Fsp3) is 0.312. The van der Waals surface area contributed by atoms with Gasteiger partial charge in [-0.05, 0) is 29.1 Å². The van der Waals surface area contributed by atoms with Gasteiger partial charge in [-0.15, -0.1) is 11.3 Å². The lowest BCUT2D eigenvalue weighted by Gasteiger charge is -2.25. The quantitative estimate of drug-likeness (QED) is 0.720. The molecule has 134 valence electrons. The number of hydrogen-bond acceptors (Lipinski definition) is 6. The lowest BCUT2D eigenvalue weighted by molar-refractivity contribution is 0.0473. The highest BCUT2D eigenvalue weighted by Gasteiger charge is 2.31. The molecule has 6 nitrogen and oxygen atoms in total. The van der Waals surface area contributed by atoms with E-state index in [1.54, 1.807) is 29.6 Å². The third-order valence-electron chi connectivity index (χ3n) is 3.69. The van der Waals surface area contributed by atoms with Crippen molar-refractivity contribution in [1.29, 1.82) is 0 Å². The van der Waals surface area contributed by atoms with E-state index in [0.29, 0.717) is 18.2 Å². The van der Waals surface area contributed by atoms with E-state index in [-0.39, 0.29) is 29.5 Å². The van der Waals surface area contributed by atoms with Gasteiger partial charge in [0.25, 0.3) is 0 Å². The number of sulfonamides is 1. The summed E-state index contributed by atoms with van der Waals surface area (Å²) in [5.41, 5.74) is 0.770. The molecule has 0 radical (unpaired) electrons. The number of thiophene rings is 1. The maximum absolute atomic E-state index is 12.7. The van der Waals surface area contributed by atoms with Crippen LogP contribution in [0.3, 0.4) is 0 Å². The summed E-state index contributed by atoms with van der Waals surface area (Å²) in [5, 5.41) is 2.17. The summed E-state index contributed by atoms with van der Waals surface area (Å²) in [4.78, 5) is 12.4. The highest BCUT2D eigenvalue weighted by molar-refractivity contribution is 7.89. The number of morpholine rings is 1. The van der Waals surface area contributed by atoms with Gasteiger partial charge in [-0.2, -0.15) is 4.31 Å². The van der Waals surface area contributed by atoms with E-state index in [4.69, 9.17) is 21.1 Å². The number of halogens is 1. The van der Waals surface area contributed by atoms with E-state index < -0.39 is 16.0 Å². The average molecular weight is 402 g/mol. The Balaban J connectivity index is 1.74. The molecule has 0 spiro atoms. The van der Waals surface area contributed by atoms with Crippen LogP contribution in [0.15, 0.2) is 40.6 Å². The summed E-state index contributed by atoms with van der Waals surface area (Å²) in [6.07, 6.45) is 0. The molecule has 1 aliphatic rings. The molecule has 2 aromatic rings. The van der Waals surface area contributed by atoms with Crippen molar-refractivity contribution in [2.45, 2.75) is 11.5 Å². The molecule has 0 saturated carbocycles. The molecule has 0 unspecified atom stereocenters. The fourth-order valence-corrected chi connectivity index (χ4v) is 5.19. The standard InChI is InChI=1S/C16H16ClNO5S2/c17-13-3-1-12(2-4-13)11-23-16(19)15-14(5-10-24-15)25(20,21)18-6-8-22-9-7-18/h1-5,10H,6-9,11H2. The van der Waals surface area contributed by atoms with Gasteiger partial charge in [0.15, 0.2) is 0 Å². The summed E-state index contributed by atoms with van der Waals surface area (Å²) in [6.45, 7) is 1.29. The molecule has 0 atom stereocenters. The molecular formula is C16H16ClNO5S2. The van der Waals surface area contributed by atoms with Crippen LogP contribution < -0.4 is 0 Å². The predicted molar refractivity (Wildman–Crippen MR) is 94.5 cm³/mol. The smallest absolute Gasteiger partial charge is 0.350 e. The molecule has 9 heteroatoms. The highest BCUT2D eigenvalue weighted by atomic mass is 35.5. The van der Waals surface area contributed by atoms with Crippen molar-refractivity contribution < 1.29 is 22.7 Å². The fourth-order valence-electron chi connectivity index (χ4n) is 2.37. The van der Waals surface area contributed by atoms with Crippen molar-refractivity contribution in [3.8, 4) is 0 Å². The molecule has 1 aliphatic heterocycles. The van der Waals surface area contributed by atoms with Crippen molar-refractivity contribution >= 4 is 38.9 Å². The van der Waals surface area contributed by atoms with Crippen LogP contribution in [0.2, 0.25) is 5.02 Å². The summed E-state index contributed by atoms with van der Waals surface area (Å²) in [7, 11) is -3.74. The van der Waals surface area contributed by atoms with Crippen molar-refractivity contribution in [2.24, 2.45) is 0 Å². The number of carbonyl (C=O) groups is 1. The molecule has 3 rings (SSSR count). The molecule has 25 heavy (non-hydrogen) atoms. The number of benzene rings is 1. The van der Waals surface area contributed by atoms with E-state index >= 15 is 0 Å². The average Bonchev–Trinajstić information content (AvgIpc) is 3.12. The van der Waals surface area contributed by atoms with Crippen molar-refractivity contribution in [2.75, 3.05) is 26.3 Å². The van der Waals surface area contributed by atoms with Gasteiger partial charge in [-0.3, -0.25) is 0 Å². The highest BCUT2D eigenvalue weighted by Crippen LogP contribution is 2.27.